The normalized spacial score (nSPS) is 31.6. The number of carbonyl (C=O) groups is 2. The molecule has 4 aliphatic rings. The minimum atomic E-state index is -0.290. The van der Waals surface area contributed by atoms with Gasteiger partial charge in [-0.15, -0.1) is 0 Å². The highest BCUT2D eigenvalue weighted by molar-refractivity contribution is 5.84. The van der Waals surface area contributed by atoms with Crippen molar-refractivity contribution in [2.24, 2.45) is 17.8 Å². The third-order valence-electron chi connectivity index (χ3n) is 6.47. The van der Waals surface area contributed by atoms with Crippen LogP contribution in [0.5, 0.6) is 0 Å². The maximum absolute atomic E-state index is 13.0. The van der Waals surface area contributed by atoms with Gasteiger partial charge in [0.2, 0.25) is 0 Å². The van der Waals surface area contributed by atoms with E-state index < -0.39 is 0 Å². The first kappa shape index (κ1) is 17.3. The lowest BCUT2D eigenvalue weighted by atomic mass is 9.91. The molecule has 0 aromatic heterocycles. The maximum atomic E-state index is 13.0. The van der Waals surface area contributed by atoms with Crippen LogP contribution in [0.2, 0.25) is 0 Å². The van der Waals surface area contributed by atoms with Crippen LogP contribution in [0, 0.1) is 17.8 Å². The number of ether oxygens (including phenoxy) is 2. The first-order valence-corrected chi connectivity index (χ1v) is 9.79. The first-order chi connectivity index (χ1) is 12.1. The van der Waals surface area contributed by atoms with Crippen molar-refractivity contribution in [2.45, 2.75) is 56.8 Å². The standard InChI is InChI=1S/C19H30N2O4/c1-24-16(12-5-6-12)18(22)20-10-14-4-3-9-21(15(14)11-20)19(23)17(25-2)13-7-8-13/h12-17H,3-11H2,1-2H3/t14-,15+,16?,17?/m0/s1. The quantitative estimate of drug-likeness (QED) is 0.724. The Hall–Kier alpha value is -1.14. The third-order valence-corrected chi connectivity index (χ3v) is 6.47. The highest BCUT2D eigenvalue weighted by Crippen LogP contribution is 2.39. The molecule has 0 spiro atoms. The molecular formula is C19H30N2O4. The van der Waals surface area contributed by atoms with E-state index in [1.165, 1.54) is 0 Å². The molecule has 25 heavy (non-hydrogen) atoms. The topological polar surface area (TPSA) is 59.1 Å². The largest absolute Gasteiger partial charge is 0.371 e. The lowest BCUT2D eigenvalue weighted by Crippen LogP contribution is -2.53. The molecule has 0 N–H and O–H groups in total. The summed E-state index contributed by atoms with van der Waals surface area (Å²) in [4.78, 5) is 29.8. The molecule has 4 fully saturated rings. The number of carbonyl (C=O) groups excluding carboxylic acids is 2. The van der Waals surface area contributed by atoms with E-state index in [0.29, 0.717) is 24.3 Å². The molecule has 2 aliphatic heterocycles. The van der Waals surface area contributed by atoms with Gasteiger partial charge in [0.1, 0.15) is 12.2 Å². The number of amides is 2. The minimum Gasteiger partial charge on any atom is -0.371 e. The number of hydrogen-bond donors (Lipinski definition) is 0. The van der Waals surface area contributed by atoms with Gasteiger partial charge in [-0.1, -0.05) is 0 Å². The van der Waals surface area contributed by atoms with Gasteiger partial charge in [0.25, 0.3) is 11.8 Å². The van der Waals surface area contributed by atoms with Gasteiger partial charge in [-0.2, -0.15) is 0 Å². The molecule has 4 atom stereocenters. The Kier molecular flexibility index (Phi) is 4.75. The molecule has 0 aromatic carbocycles. The van der Waals surface area contributed by atoms with Crippen molar-refractivity contribution in [3.8, 4) is 0 Å². The van der Waals surface area contributed by atoms with E-state index in [1.807, 2.05) is 9.80 Å². The Labute approximate surface area is 149 Å². The number of rotatable bonds is 6. The fourth-order valence-electron chi connectivity index (χ4n) is 4.77. The lowest BCUT2D eigenvalue weighted by Gasteiger charge is -2.38. The monoisotopic (exact) mass is 350 g/mol. The summed E-state index contributed by atoms with van der Waals surface area (Å²) < 4.78 is 11.0. The summed E-state index contributed by atoms with van der Waals surface area (Å²) in [7, 11) is 3.28. The van der Waals surface area contributed by atoms with Gasteiger partial charge >= 0.3 is 0 Å². The molecule has 2 unspecified atom stereocenters. The molecule has 0 radical (unpaired) electrons. The Balaban J connectivity index is 1.44. The van der Waals surface area contributed by atoms with Crippen LogP contribution < -0.4 is 0 Å². The molecule has 2 aliphatic carbocycles. The van der Waals surface area contributed by atoms with E-state index >= 15 is 0 Å². The molecule has 6 nitrogen and oxygen atoms in total. The fourth-order valence-corrected chi connectivity index (χ4v) is 4.77. The van der Waals surface area contributed by atoms with Crippen molar-refractivity contribution in [1.29, 1.82) is 0 Å². The molecule has 2 amide bonds. The number of hydrogen-bond acceptors (Lipinski definition) is 4. The predicted octanol–water partition coefficient (Wildman–Crippen LogP) is 1.29. The average molecular weight is 350 g/mol. The van der Waals surface area contributed by atoms with Crippen LogP contribution in [0.4, 0.5) is 0 Å². The Morgan fingerprint density at radius 2 is 1.48 bits per heavy atom. The van der Waals surface area contributed by atoms with E-state index in [2.05, 4.69) is 0 Å². The van der Waals surface area contributed by atoms with Crippen LogP contribution in [-0.2, 0) is 19.1 Å². The number of nitrogens with zero attached hydrogens (tertiary/aromatic N) is 2. The summed E-state index contributed by atoms with van der Waals surface area (Å²) >= 11 is 0. The maximum Gasteiger partial charge on any atom is 0.252 e. The van der Waals surface area contributed by atoms with Crippen LogP contribution in [-0.4, -0.2) is 73.7 Å². The van der Waals surface area contributed by atoms with Crippen molar-refractivity contribution < 1.29 is 19.1 Å². The summed E-state index contributed by atoms with van der Waals surface area (Å²) in [6.07, 6.45) is 5.90. The van der Waals surface area contributed by atoms with Crippen molar-refractivity contribution in [3.63, 3.8) is 0 Å². The zero-order valence-corrected chi connectivity index (χ0v) is 15.4. The molecule has 2 heterocycles. The fraction of sp³-hybridized carbons (Fsp3) is 0.895. The van der Waals surface area contributed by atoms with Gasteiger partial charge in [0.15, 0.2) is 0 Å². The third kappa shape index (κ3) is 3.31. The highest BCUT2D eigenvalue weighted by atomic mass is 16.5. The predicted molar refractivity (Wildman–Crippen MR) is 91.8 cm³/mol. The second-order valence-corrected chi connectivity index (χ2v) is 8.23. The van der Waals surface area contributed by atoms with E-state index in [0.717, 1.165) is 51.6 Å². The van der Waals surface area contributed by atoms with Crippen LogP contribution in [0.15, 0.2) is 0 Å². The number of likely N-dealkylation sites (tertiary alicyclic amines) is 2. The minimum absolute atomic E-state index is 0.122. The van der Waals surface area contributed by atoms with Gasteiger partial charge in [-0.25, -0.2) is 0 Å². The van der Waals surface area contributed by atoms with E-state index in [1.54, 1.807) is 14.2 Å². The molecule has 6 heteroatoms. The molecule has 140 valence electrons. The molecule has 0 bridgehead atoms. The van der Waals surface area contributed by atoms with E-state index in [9.17, 15) is 9.59 Å². The zero-order valence-electron chi connectivity index (χ0n) is 15.4. The summed E-state index contributed by atoms with van der Waals surface area (Å²) in [6, 6.07) is 0.151. The van der Waals surface area contributed by atoms with Gasteiger partial charge in [0.05, 0.1) is 6.04 Å². The average Bonchev–Trinajstić information content (AvgIpc) is 3.54. The van der Waals surface area contributed by atoms with Gasteiger partial charge in [-0.05, 0) is 56.3 Å². The number of methoxy groups -OCH3 is 2. The van der Waals surface area contributed by atoms with Crippen molar-refractivity contribution in [2.75, 3.05) is 33.9 Å². The Morgan fingerprint density at radius 3 is 2.04 bits per heavy atom. The smallest absolute Gasteiger partial charge is 0.252 e. The summed E-state index contributed by atoms with van der Waals surface area (Å²) in [5.41, 5.74) is 0. The van der Waals surface area contributed by atoms with Gasteiger partial charge in [-0.3, -0.25) is 9.59 Å². The molecule has 4 rings (SSSR count). The Morgan fingerprint density at radius 1 is 0.880 bits per heavy atom. The van der Waals surface area contributed by atoms with E-state index in [4.69, 9.17) is 9.47 Å². The summed E-state index contributed by atoms with van der Waals surface area (Å²) in [5, 5.41) is 0. The van der Waals surface area contributed by atoms with Crippen LogP contribution >= 0.6 is 0 Å². The zero-order chi connectivity index (χ0) is 17.6. The van der Waals surface area contributed by atoms with Crippen molar-refractivity contribution >= 4 is 11.8 Å². The van der Waals surface area contributed by atoms with Gasteiger partial charge < -0.3 is 19.3 Å². The molecule has 2 saturated carbocycles. The van der Waals surface area contributed by atoms with Crippen LogP contribution in [0.3, 0.4) is 0 Å². The van der Waals surface area contributed by atoms with Crippen molar-refractivity contribution in [3.05, 3.63) is 0 Å². The molecule has 2 saturated heterocycles. The second kappa shape index (κ2) is 6.88. The number of piperidine rings is 1. The lowest BCUT2D eigenvalue weighted by molar-refractivity contribution is -0.148. The SMILES string of the molecule is COC(C(=O)N1C[C@@H]2CCCN(C(=O)C(OC)C3CC3)[C@@H]2C1)C1CC1. The molecular weight excluding hydrogens is 320 g/mol. The number of fused-ring (bicyclic) bond motifs is 1. The van der Waals surface area contributed by atoms with Gasteiger partial charge in [0, 0.05) is 33.9 Å². The van der Waals surface area contributed by atoms with Crippen molar-refractivity contribution in [1.82, 2.24) is 9.80 Å². The first-order valence-electron chi connectivity index (χ1n) is 9.79. The highest BCUT2D eigenvalue weighted by Gasteiger charge is 2.48. The van der Waals surface area contributed by atoms with Crippen LogP contribution in [0.25, 0.3) is 0 Å². The van der Waals surface area contributed by atoms with E-state index in [-0.39, 0.29) is 30.1 Å². The Bertz CT molecular complexity index is 532. The van der Waals surface area contributed by atoms with Crippen LogP contribution in [0.1, 0.15) is 38.5 Å². The second-order valence-electron chi connectivity index (χ2n) is 8.23. The summed E-state index contributed by atoms with van der Waals surface area (Å²) in [5.74, 6) is 1.45. The summed E-state index contributed by atoms with van der Waals surface area (Å²) in [6.45, 7) is 2.22. The molecule has 0 aromatic rings.